The first kappa shape index (κ1) is 8.45. The summed E-state index contributed by atoms with van der Waals surface area (Å²) in [5, 5.41) is 10.9. The summed E-state index contributed by atoms with van der Waals surface area (Å²) in [6.07, 6.45) is 1.23. The molecule has 0 unspecified atom stereocenters. The van der Waals surface area contributed by atoms with Crippen LogP contribution in [0, 0.1) is 5.82 Å². The van der Waals surface area contributed by atoms with E-state index in [1.165, 1.54) is 13.2 Å². The molecule has 0 aliphatic carbocycles. The van der Waals surface area contributed by atoms with Crippen molar-refractivity contribution >= 4 is 11.8 Å². The Labute approximate surface area is 68.1 Å². The van der Waals surface area contributed by atoms with Crippen molar-refractivity contribution in [2.45, 2.75) is 0 Å². The van der Waals surface area contributed by atoms with Crippen molar-refractivity contribution < 1.29 is 14.3 Å². The molecule has 1 aromatic heterocycles. The zero-order valence-electron chi connectivity index (χ0n) is 6.34. The van der Waals surface area contributed by atoms with Crippen LogP contribution >= 0.6 is 0 Å². The van der Waals surface area contributed by atoms with Gasteiger partial charge in [-0.3, -0.25) is 0 Å². The molecule has 12 heavy (non-hydrogen) atoms. The molecule has 1 aromatic rings. The van der Waals surface area contributed by atoms with Crippen molar-refractivity contribution in [3.8, 4) is 0 Å². The molecule has 0 aliphatic heterocycles. The van der Waals surface area contributed by atoms with Crippen molar-refractivity contribution in [3.63, 3.8) is 0 Å². The van der Waals surface area contributed by atoms with Crippen molar-refractivity contribution in [1.82, 2.24) is 4.98 Å². The van der Waals surface area contributed by atoms with E-state index >= 15 is 0 Å². The maximum absolute atomic E-state index is 13.0. The summed E-state index contributed by atoms with van der Waals surface area (Å²) in [4.78, 5) is 14.0. The Morgan fingerprint density at radius 1 is 1.75 bits per heavy atom. The van der Waals surface area contributed by atoms with Crippen molar-refractivity contribution in [2.75, 3.05) is 12.4 Å². The number of carboxylic acid groups (broad SMARTS) is 1. The molecule has 64 valence electrons. The molecule has 0 fully saturated rings. The Kier molecular flexibility index (Phi) is 2.23. The number of rotatable bonds is 2. The van der Waals surface area contributed by atoms with Gasteiger partial charge in [0.15, 0.2) is 11.6 Å². The summed E-state index contributed by atoms with van der Waals surface area (Å²) in [6.45, 7) is 0. The summed E-state index contributed by atoms with van der Waals surface area (Å²) in [7, 11) is 1.47. The lowest BCUT2D eigenvalue weighted by Gasteiger charge is -2.01. The number of pyridine rings is 1. The van der Waals surface area contributed by atoms with E-state index in [4.69, 9.17) is 5.11 Å². The molecule has 0 aromatic carbocycles. The van der Waals surface area contributed by atoms with Gasteiger partial charge in [0.2, 0.25) is 0 Å². The molecule has 0 saturated carbocycles. The van der Waals surface area contributed by atoms with E-state index in [9.17, 15) is 9.18 Å². The van der Waals surface area contributed by atoms with Crippen LogP contribution in [0.5, 0.6) is 0 Å². The van der Waals surface area contributed by atoms with Gasteiger partial charge in [-0.25, -0.2) is 14.2 Å². The highest BCUT2D eigenvalue weighted by atomic mass is 19.1. The molecule has 4 nitrogen and oxygen atoms in total. The molecule has 0 spiro atoms. The maximum atomic E-state index is 13.0. The fourth-order valence-electron chi connectivity index (χ4n) is 0.783. The number of carboxylic acids is 1. The quantitative estimate of drug-likeness (QED) is 0.693. The molecule has 2 N–H and O–H groups in total. The van der Waals surface area contributed by atoms with E-state index in [0.717, 1.165) is 6.07 Å². The van der Waals surface area contributed by atoms with Gasteiger partial charge in [0.1, 0.15) is 5.56 Å². The fourth-order valence-corrected chi connectivity index (χ4v) is 0.783. The first-order valence-corrected chi connectivity index (χ1v) is 3.22. The SMILES string of the molecule is CNc1nccc(C(=O)O)c1F. The minimum atomic E-state index is -1.30. The minimum Gasteiger partial charge on any atom is -0.478 e. The van der Waals surface area contributed by atoms with Gasteiger partial charge in [-0.05, 0) is 6.07 Å². The van der Waals surface area contributed by atoms with Crippen LogP contribution < -0.4 is 5.32 Å². The largest absolute Gasteiger partial charge is 0.478 e. The summed E-state index contributed by atoms with van der Waals surface area (Å²) in [5.74, 6) is -2.20. The van der Waals surface area contributed by atoms with E-state index in [-0.39, 0.29) is 11.4 Å². The van der Waals surface area contributed by atoms with Crippen LogP contribution in [0.25, 0.3) is 0 Å². The van der Waals surface area contributed by atoms with Gasteiger partial charge >= 0.3 is 5.97 Å². The predicted octanol–water partition coefficient (Wildman–Crippen LogP) is 0.961. The van der Waals surface area contributed by atoms with Crippen LogP contribution in [0.3, 0.4) is 0 Å². The number of nitrogens with zero attached hydrogens (tertiary/aromatic N) is 1. The zero-order valence-corrected chi connectivity index (χ0v) is 6.34. The second kappa shape index (κ2) is 3.17. The van der Waals surface area contributed by atoms with Gasteiger partial charge in [-0.15, -0.1) is 0 Å². The molecular formula is C7H7FN2O2. The summed E-state index contributed by atoms with van der Waals surface area (Å²) in [5.41, 5.74) is -0.380. The first-order chi connectivity index (χ1) is 5.66. The number of aromatic carboxylic acids is 1. The van der Waals surface area contributed by atoms with Crippen LogP contribution in [-0.2, 0) is 0 Å². The van der Waals surface area contributed by atoms with Gasteiger partial charge in [-0.1, -0.05) is 0 Å². The molecule has 1 heterocycles. The third-order valence-electron chi connectivity index (χ3n) is 1.36. The van der Waals surface area contributed by atoms with Gasteiger partial charge in [0, 0.05) is 13.2 Å². The van der Waals surface area contributed by atoms with Crippen molar-refractivity contribution in [3.05, 3.63) is 23.6 Å². The van der Waals surface area contributed by atoms with Crippen LogP contribution in [0.1, 0.15) is 10.4 Å². The lowest BCUT2D eigenvalue weighted by Crippen LogP contribution is -2.05. The van der Waals surface area contributed by atoms with Gasteiger partial charge in [0.05, 0.1) is 0 Å². The van der Waals surface area contributed by atoms with Crippen LogP contribution in [0.4, 0.5) is 10.2 Å². The van der Waals surface area contributed by atoms with E-state index in [1.54, 1.807) is 0 Å². The molecule has 5 heteroatoms. The summed E-state index contributed by atoms with van der Waals surface area (Å²) >= 11 is 0. The first-order valence-electron chi connectivity index (χ1n) is 3.22. The Bertz CT molecular complexity index is 314. The highest BCUT2D eigenvalue weighted by Crippen LogP contribution is 2.13. The Hall–Kier alpha value is -1.65. The van der Waals surface area contributed by atoms with Crippen LogP contribution in [-0.4, -0.2) is 23.1 Å². The van der Waals surface area contributed by atoms with E-state index in [0.29, 0.717) is 0 Å². The number of aromatic nitrogens is 1. The lowest BCUT2D eigenvalue weighted by molar-refractivity contribution is 0.0692. The molecule has 0 bridgehead atoms. The normalized spacial score (nSPS) is 9.50. The molecule has 0 amide bonds. The second-order valence-corrected chi connectivity index (χ2v) is 2.08. The van der Waals surface area contributed by atoms with Crippen molar-refractivity contribution in [1.29, 1.82) is 0 Å². The van der Waals surface area contributed by atoms with Gasteiger partial charge in [-0.2, -0.15) is 0 Å². The maximum Gasteiger partial charge on any atom is 0.338 e. The molecular weight excluding hydrogens is 163 g/mol. The summed E-state index contributed by atoms with van der Waals surface area (Å²) < 4.78 is 13.0. The molecule has 0 radical (unpaired) electrons. The topological polar surface area (TPSA) is 62.2 Å². The molecule has 1 rings (SSSR count). The number of hydrogen-bond donors (Lipinski definition) is 2. The zero-order chi connectivity index (χ0) is 9.14. The Morgan fingerprint density at radius 2 is 2.42 bits per heavy atom. The molecule has 0 atom stereocenters. The molecule has 0 aliphatic rings. The standard InChI is InChI=1S/C7H7FN2O2/c1-9-6-5(8)4(7(11)12)2-3-10-6/h2-3H,1H3,(H,9,10)(H,11,12). The van der Waals surface area contributed by atoms with Crippen LogP contribution in [0.2, 0.25) is 0 Å². The predicted molar refractivity (Wildman–Crippen MR) is 40.7 cm³/mol. The fraction of sp³-hybridized carbons (Fsp3) is 0.143. The number of anilines is 1. The van der Waals surface area contributed by atoms with Crippen LogP contribution in [0.15, 0.2) is 12.3 Å². The summed E-state index contributed by atoms with van der Waals surface area (Å²) in [6, 6.07) is 1.11. The third kappa shape index (κ3) is 1.34. The lowest BCUT2D eigenvalue weighted by atomic mass is 10.2. The number of carbonyl (C=O) groups is 1. The Morgan fingerprint density at radius 3 is 2.92 bits per heavy atom. The van der Waals surface area contributed by atoms with E-state index in [1.807, 2.05) is 0 Å². The highest BCUT2D eigenvalue weighted by molar-refractivity contribution is 5.88. The average Bonchev–Trinajstić information content (AvgIpc) is 2.04. The third-order valence-corrected chi connectivity index (χ3v) is 1.36. The smallest absolute Gasteiger partial charge is 0.338 e. The number of halogens is 1. The number of nitrogens with one attached hydrogen (secondary N) is 1. The van der Waals surface area contributed by atoms with Crippen molar-refractivity contribution in [2.24, 2.45) is 0 Å². The van der Waals surface area contributed by atoms with E-state index < -0.39 is 11.8 Å². The monoisotopic (exact) mass is 170 g/mol. The highest BCUT2D eigenvalue weighted by Gasteiger charge is 2.13. The second-order valence-electron chi connectivity index (χ2n) is 2.08. The van der Waals surface area contributed by atoms with Gasteiger partial charge in [0.25, 0.3) is 0 Å². The average molecular weight is 170 g/mol. The van der Waals surface area contributed by atoms with E-state index in [2.05, 4.69) is 10.3 Å². The number of hydrogen-bond acceptors (Lipinski definition) is 3. The molecule has 0 saturated heterocycles. The van der Waals surface area contributed by atoms with Gasteiger partial charge < -0.3 is 10.4 Å². The minimum absolute atomic E-state index is 0.0603. The Balaban J connectivity index is 3.23.